The number of aliphatic hydroxyl groups excluding tert-OH is 1. The van der Waals surface area contributed by atoms with Crippen LogP contribution in [0.3, 0.4) is 0 Å². The lowest BCUT2D eigenvalue weighted by Gasteiger charge is -2.33. The fourth-order valence-corrected chi connectivity index (χ4v) is 4.57. The van der Waals surface area contributed by atoms with Crippen molar-refractivity contribution in [3.63, 3.8) is 0 Å². The van der Waals surface area contributed by atoms with Crippen molar-refractivity contribution in [2.45, 2.75) is 56.7 Å². The minimum absolute atomic E-state index is 0.116. The SMILES string of the molecule is CNC(=O)C1CC(O)CN1C(=O)C(C1CCCCC1)n1cc(-c2ccco2)nn1. The Morgan fingerprint density at radius 1 is 1.31 bits per heavy atom. The van der Waals surface area contributed by atoms with Crippen LogP contribution in [0.5, 0.6) is 0 Å². The van der Waals surface area contributed by atoms with Crippen LogP contribution in [0.2, 0.25) is 0 Å². The molecule has 0 spiro atoms. The van der Waals surface area contributed by atoms with Gasteiger partial charge in [0.25, 0.3) is 0 Å². The molecule has 2 amide bonds. The van der Waals surface area contributed by atoms with Crippen molar-refractivity contribution in [1.82, 2.24) is 25.2 Å². The Balaban J connectivity index is 1.65. The molecular formula is C20H27N5O4. The first-order chi connectivity index (χ1) is 14.1. The summed E-state index contributed by atoms with van der Waals surface area (Å²) in [6.07, 6.45) is 7.98. The number of nitrogens with zero attached hydrogens (tertiary/aromatic N) is 4. The summed E-state index contributed by atoms with van der Waals surface area (Å²) in [6.45, 7) is 0.153. The van der Waals surface area contributed by atoms with E-state index in [0.29, 0.717) is 11.5 Å². The summed E-state index contributed by atoms with van der Waals surface area (Å²) in [5.41, 5.74) is 0.563. The van der Waals surface area contributed by atoms with E-state index in [-0.39, 0.29) is 30.7 Å². The van der Waals surface area contributed by atoms with Crippen LogP contribution in [0, 0.1) is 5.92 Å². The number of β-amino-alcohol motifs (C(OH)–C–C–N with tert-alkyl or cyclic N) is 1. The summed E-state index contributed by atoms with van der Waals surface area (Å²) in [5.74, 6) is 0.265. The molecule has 9 heteroatoms. The molecule has 0 aromatic carbocycles. The Morgan fingerprint density at radius 3 is 2.79 bits per heavy atom. The molecule has 2 fully saturated rings. The zero-order chi connectivity index (χ0) is 20.4. The van der Waals surface area contributed by atoms with Gasteiger partial charge in [0.2, 0.25) is 11.8 Å². The molecule has 3 unspecified atom stereocenters. The second kappa shape index (κ2) is 8.36. The number of amides is 2. The van der Waals surface area contributed by atoms with Gasteiger partial charge in [-0.3, -0.25) is 9.59 Å². The number of likely N-dealkylation sites (N-methyl/N-ethyl adjacent to an activating group) is 1. The molecule has 1 saturated heterocycles. The minimum Gasteiger partial charge on any atom is -0.463 e. The van der Waals surface area contributed by atoms with Crippen molar-refractivity contribution in [2.75, 3.05) is 13.6 Å². The number of aliphatic hydroxyl groups is 1. The van der Waals surface area contributed by atoms with E-state index in [0.717, 1.165) is 32.1 Å². The van der Waals surface area contributed by atoms with Crippen LogP contribution in [0.25, 0.3) is 11.5 Å². The number of likely N-dealkylation sites (tertiary alicyclic amines) is 1. The first-order valence-corrected chi connectivity index (χ1v) is 10.2. The average Bonchev–Trinajstić information content (AvgIpc) is 3.49. The van der Waals surface area contributed by atoms with E-state index < -0.39 is 18.2 Å². The number of furan rings is 1. The number of carbonyl (C=O) groups excluding carboxylic acids is 2. The van der Waals surface area contributed by atoms with E-state index in [1.165, 1.54) is 4.90 Å². The molecule has 2 aromatic heterocycles. The minimum atomic E-state index is -0.706. The second-order valence-electron chi connectivity index (χ2n) is 7.91. The van der Waals surface area contributed by atoms with E-state index in [1.54, 1.807) is 36.3 Å². The fourth-order valence-electron chi connectivity index (χ4n) is 4.57. The van der Waals surface area contributed by atoms with Crippen LogP contribution in [0.15, 0.2) is 29.0 Å². The number of hydrogen-bond acceptors (Lipinski definition) is 6. The topological polar surface area (TPSA) is 113 Å². The normalized spacial score (nSPS) is 23.9. The van der Waals surface area contributed by atoms with Gasteiger partial charge in [0.1, 0.15) is 17.8 Å². The fraction of sp³-hybridized carbons (Fsp3) is 0.600. The number of hydrogen-bond donors (Lipinski definition) is 2. The number of rotatable bonds is 5. The maximum Gasteiger partial charge on any atom is 0.248 e. The molecule has 29 heavy (non-hydrogen) atoms. The molecule has 0 bridgehead atoms. The molecule has 1 saturated carbocycles. The third-order valence-corrected chi connectivity index (χ3v) is 6.03. The zero-order valence-corrected chi connectivity index (χ0v) is 16.5. The molecule has 2 N–H and O–H groups in total. The smallest absolute Gasteiger partial charge is 0.248 e. The van der Waals surface area contributed by atoms with Crippen molar-refractivity contribution in [3.8, 4) is 11.5 Å². The van der Waals surface area contributed by atoms with E-state index in [4.69, 9.17) is 4.42 Å². The van der Waals surface area contributed by atoms with Crippen LogP contribution >= 0.6 is 0 Å². The van der Waals surface area contributed by atoms with Crippen molar-refractivity contribution in [2.24, 2.45) is 5.92 Å². The number of aromatic nitrogens is 3. The molecular weight excluding hydrogens is 374 g/mol. The van der Waals surface area contributed by atoms with Gasteiger partial charge in [-0.1, -0.05) is 24.5 Å². The van der Waals surface area contributed by atoms with Crippen LogP contribution in [-0.2, 0) is 9.59 Å². The molecule has 1 aliphatic carbocycles. The monoisotopic (exact) mass is 401 g/mol. The second-order valence-corrected chi connectivity index (χ2v) is 7.91. The van der Waals surface area contributed by atoms with Crippen LogP contribution < -0.4 is 5.32 Å². The summed E-state index contributed by atoms with van der Waals surface area (Å²) in [7, 11) is 1.54. The molecule has 3 atom stereocenters. The Hall–Kier alpha value is -2.68. The van der Waals surface area contributed by atoms with Gasteiger partial charge < -0.3 is 19.7 Å². The standard InChI is InChI=1S/C20H27N5O4/c1-21-19(27)16-10-14(26)11-24(16)20(28)18(13-6-3-2-4-7-13)25-12-15(22-23-25)17-8-5-9-29-17/h5,8-9,12-14,16,18,26H,2-4,6-7,10-11H2,1H3,(H,21,27). The van der Waals surface area contributed by atoms with Crippen LogP contribution in [-0.4, -0.2) is 62.6 Å². The maximum atomic E-state index is 13.6. The Bertz CT molecular complexity index is 843. The lowest BCUT2D eigenvalue weighted by atomic mass is 9.83. The predicted molar refractivity (Wildman–Crippen MR) is 104 cm³/mol. The first-order valence-electron chi connectivity index (χ1n) is 10.2. The first kappa shape index (κ1) is 19.6. The summed E-state index contributed by atoms with van der Waals surface area (Å²) < 4.78 is 7.01. The highest BCUT2D eigenvalue weighted by Crippen LogP contribution is 2.36. The predicted octanol–water partition coefficient (Wildman–Crippen LogP) is 1.37. The largest absolute Gasteiger partial charge is 0.463 e. The quantitative estimate of drug-likeness (QED) is 0.782. The molecule has 2 aromatic rings. The van der Waals surface area contributed by atoms with Gasteiger partial charge >= 0.3 is 0 Å². The molecule has 9 nitrogen and oxygen atoms in total. The number of nitrogens with one attached hydrogen (secondary N) is 1. The maximum absolute atomic E-state index is 13.6. The van der Waals surface area contributed by atoms with Crippen molar-refractivity contribution >= 4 is 11.8 Å². The lowest BCUT2D eigenvalue weighted by molar-refractivity contribution is -0.143. The number of carbonyl (C=O) groups is 2. The zero-order valence-electron chi connectivity index (χ0n) is 16.5. The summed E-state index contributed by atoms with van der Waals surface area (Å²) in [4.78, 5) is 27.5. The van der Waals surface area contributed by atoms with E-state index in [1.807, 2.05) is 0 Å². The molecule has 2 aliphatic rings. The van der Waals surface area contributed by atoms with Gasteiger partial charge in [-0.15, -0.1) is 5.10 Å². The van der Waals surface area contributed by atoms with Gasteiger partial charge in [0.05, 0.1) is 18.6 Å². The molecule has 1 aliphatic heterocycles. The average molecular weight is 401 g/mol. The molecule has 3 heterocycles. The van der Waals surface area contributed by atoms with Gasteiger partial charge in [-0.2, -0.15) is 0 Å². The highest BCUT2D eigenvalue weighted by molar-refractivity contribution is 5.90. The van der Waals surface area contributed by atoms with E-state index >= 15 is 0 Å². The Kier molecular flexibility index (Phi) is 5.66. The molecule has 156 valence electrons. The van der Waals surface area contributed by atoms with Crippen molar-refractivity contribution < 1.29 is 19.1 Å². The molecule has 0 radical (unpaired) electrons. The Labute approximate surface area is 169 Å². The van der Waals surface area contributed by atoms with E-state index in [2.05, 4.69) is 15.6 Å². The van der Waals surface area contributed by atoms with Crippen LogP contribution in [0.4, 0.5) is 0 Å². The van der Waals surface area contributed by atoms with Crippen molar-refractivity contribution in [3.05, 3.63) is 24.6 Å². The van der Waals surface area contributed by atoms with Gasteiger partial charge in [-0.05, 0) is 30.9 Å². The Morgan fingerprint density at radius 2 is 2.10 bits per heavy atom. The summed E-state index contributed by atoms with van der Waals surface area (Å²) in [5, 5.41) is 21.2. The van der Waals surface area contributed by atoms with Gasteiger partial charge in [0.15, 0.2) is 5.76 Å². The molecule has 4 rings (SSSR count). The van der Waals surface area contributed by atoms with E-state index in [9.17, 15) is 14.7 Å². The highest BCUT2D eigenvalue weighted by atomic mass is 16.3. The summed E-state index contributed by atoms with van der Waals surface area (Å²) >= 11 is 0. The van der Waals surface area contributed by atoms with Gasteiger partial charge in [0, 0.05) is 20.0 Å². The lowest BCUT2D eigenvalue weighted by Crippen LogP contribution is -2.49. The van der Waals surface area contributed by atoms with Crippen LogP contribution in [0.1, 0.15) is 44.6 Å². The highest BCUT2D eigenvalue weighted by Gasteiger charge is 2.44. The van der Waals surface area contributed by atoms with Gasteiger partial charge in [-0.25, -0.2) is 4.68 Å². The third-order valence-electron chi connectivity index (χ3n) is 6.03. The summed E-state index contributed by atoms with van der Waals surface area (Å²) in [6, 6.07) is 2.35. The third kappa shape index (κ3) is 3.91. The van der Waals surface area contributed by atoms with Crippen molar-refractivity contribution in [1.29, 1.82) is 0 Å².